The van der Waals surface area contributed by atoms with Crippen LogP contribution in [0.5, 0.6) is 0 Å². The summed E-state index contributed by atoms with van der Waals surface area (Å²) in [6.45, 7) is 3.49. The van der Waals surface area contributed by atoms with Crippen molar-refractivity contribution >= 4 is 11.6 Å². The highest BCUT2D eigenvalue weighted by Gasteiger charge is 2.11. The zero-order valence-corrected chi connectivity index (χ0v) is 14.0. The third-order valence-electron chi connectivity index (χ3n) is 3.59. The molecule has 4 heteroatoms. The van der Waals surface area contributed by atoms with Crippen molar-refractivity contribution in [3.8, 4) is 0 Å². The highest BCUT2D eigenvalue weighted by atomic mass is 35.5. The van der Waals surface area contributed by atoms with E-state index in [4.69, 9.17) is 21.1 Å². The molecule has 0 aliphatic heterocycles. The van der Waals surface area contributed by atoms with Gasteiger partial charge in [0.05, 0.1) is 6.61 Å². The van der Waals surface area contributed by atoms with Gasteiger partial charge in [-0.3, -0.25) is 0 Å². The quantitative estimate of drug-likeness (QED) is 0.599. The van der Waals surface area contributed by atoms with E-state index in [9.17, 15) is 0 Å². The topological polar surface area (TPSA) is 30.5 Å². The molecule has 0 fully saturated rings. The molecule has 0 aliphatic rings. The molecule has 1 aromatic carbocycles. The molecule has 0 saturated heterocycles. The lowest BCUT2D eigenvalue weighted by molar-refractivity contribution is 0.188. The van der Waals surface area contributed by atoms with Crippen molar-refractivity contribution < 1.29 is 9.47 Å². The summed E-state index contributed by atoms with van der Waals surface area (Å²) in [6.07, 6.45) is 4.52. The SMILES string of the molecule is COCCCCC(CNCCOC)Cc1ccccc1Cl. The highest BCUT2D eigenvalue weighted by Crippen LogP contribution is 2.21. The molecule has 1 unspecified atom stereocenters. The Kier molecular flexibility index (Phi) is 10.5. The van der Waals surface area contributed by atoms with Crippen molar-refractivity contribution in [1.82, 2.24) is 5.32 Å². The van der Waals surface area contributed by atoms with Crippen LogP contribution < -0.4 is 5.32 Å². The van der Waals surface area contributed by atoms with Crippen molar-refractivity contribution in [3.63, 3.8) is 0 Å². The van der Waals surface area contributed by atoms with E-state index in [1.807, 2.05) is 12.1 Å². The summed E-state index contributed by atoms with van der Waals surface area (Å²) in [5.74, 6) is 0.596. The molecule has 1 N–H and O–H groups in total. The van der Waals surface area contributed by atoms with Crippen LogP contribution in [0.4, 0.5) is 0 Å². The molecule has 21 heavy (non-hydrogen) atoms. The number of benzene rings is 1. The van der Waals surface area contributed by atoms with Crippen LogP contribution >= 0.6 is 11.6 Å². The van der Waals surface area contributed by atoms with Crippen molar-refractivity contribution in [2.24, 2.45) is 5.92 Å². The number of hydrogen-bond donors (Lipinski definition) is 1. The van der Waals surface area contributed by atoms with E-state index in [0.717, 1.165) is 44.2 Å². The van der Waals surface area contributed by atoms with Gasteiger partial charge in [0.2, 0.25) is 0 Å². The molecule has 0 heterocycles. The molecule has 1 rings (SSSR count). The molecular weight excluding hydrogens is 286 g/mol. The number of hydrogen-bond acceptors (Lipinski definition) is 3. The number of ether oxygens (including phenoxy) is 2. The third kappa shape index (κ3) is 8.42. The van der Waals surface area contributed by atoms with Crippen LogP contribution in [0.25, 0.3) is 0 Å². The Balaban J connectivity index is 2.44. The second-order valence-corrected chi connectivity index (χ2v) is 5.75. The first kappa shape index (κ1) is 18.4. The van der Waals surface area contributed by atoms with Gasteiger partial charge in [0.15, 0.2) is 0 Å². The maximum atomic E-state index is 6.28. The van der Waals surface area contributed by atoms with Gasteiger partial charge < -0.3 is 14.8 Å². The molecule has 120 valence electrons. The van der Waals surface area contributed by atoms with Crippen LogP contribution in [0.1, 0.15) is 24.8 Å². The highest BCUT2D eigenvalue weighted by molar-refractivity contribution is 6.31. The summed E-state index contributed by atoms with van der Waals surface area (Å²) in [6, 6.07) is 8.13. The summed E-state index contributed by atoms with van der Waals surface area (Å²) in [5.41, 5.74) is 1.24. The summed E-state index contributed by atoms with van der Waals surface area (Å²) in [7, 11) is 3.49. The van der Waals surface area contributed by atoms with E-state index < -0.39 is 0 Å². The molecular formula is C17H28ClNO2. The van der Waals surface area contributed by atoms with Crippen LogP contribution in [0.3, 0.4) is 0 Å². The van der Waals surface area contributed by atoms with Crippen LogP contribution in [0, 0.1) is 5.92 Å². The number of nitrogens with one attached hydrogen (secondary N) is 1. The maximum absolute atomic E-state index is 6.28. The van der Waals surface area contributed by atoms with Gasteiger partial charge >= 0.3 is 0 Å². The van der Waals surface area contributed by atoms with Gasteiger partial charge in [-0.1, -0.05) is 36.2 Å². The average Bonchev–Trinajstić information content (AvgIpc) is 2.50. The van der Waals surface area contributed by atoms with E-state index >= 15 is 0 Å². The van der Waals surface area contributed by atoms with Gasteiger partial charge in [-0.05, 0) is 43.4 Å². The minimum absolute atomic E-state index is 0.596. The molecule has 0 amide bonds. The van der Waals surface area contributed by atoms with Gasteiger partial charge in [-0.15, -0.1) is 0 Å². The molecule has 0 spiro atoms. The standard InChI is InChI=1S/C17H28ClNO2/c1-20-11-6-5-7-15(14-19-10-12-21-2)13-16-8-3-4-9-17(16)18/h3-4,8-9,15,19H,5-7,10-14H2,1-2H3. The first-order valence-electron chi connectivity index (χ1n) is 7.70. The predicted molar refractivity (Wildman–Crippen MR) is 89.1 cm³/mol. The van der Waals surface area contributed by atoms with E-state index in [1.54, 1.807) is 14.2 Å². The number of halogens is 1. The molecule has 1 atom stereocenters. The van der Waals surface area contributed by atoms with Gasteiger partial charge in [0.25, 0.3) is 0 Å². The van der Waals surface area contributed by atoms with Crippen LogP contribution in [-0.4, -0.2) is 40.5 Å². The van der Waals surface area contributed by atoms with E-state index in [1.165, 1.54) is 18.4 Å². The van der Waals surface area contributed by atoms with E-state index in [0.29, 0.717) is 5.92 Å². The first-order chi connectivity index (χ1) is 10.3. The fraction of sp³-hybridized carbons (Fsp3) is 0.647. The fourth-order valence-corrected chi connectivity index (χ4v) is 2.62. The Morgan fingerprint density at radius 1 is 1.10 bits per heavy atom. The zero-order valence-electron chi connectivity index (χ0n) is 13.2. The Bertz CT molecular complexity index is 362. The van der Waals surface area contributed by atoms with Crippen molar-refractivity contribution in [2.75, 3.05) is 40.5 Å². The maximum Gasteiger partial charge on any atom is 0.0587 e. The molecule has 0 saturated carbocycles. The number of methoxy groups -OCH3 is 2. The summed E-state index contributed by atoms with van der Waals surface area (Å²) >= 11 is 6.28. The minimum Gasteiger partial charge on any atom is -0.385 e. The lowest BCUT2D eigenvalue weighted by Crippen LogP contribution is -2.27. The van der Waals surface area contributed by atoms with Crippen molar-refractivity contribution in [2.45, 2.75) is 25.7 Å². The monoisotopic (exact) mass is 313 g/mol. The fourth-order valence-electron chi connectivity index (χ4n) is 2.41. The molecule has 3 nitrogen and oxygen atoms in total. The van der Waals surface area contributed by atoms with Crippen LogP contribution in [-0.2, 0) is 15.9 Å². The van der Waals surface area contributed by atoms with Gasteiger partial charge in [0.1, 0.15) is 0 Å². The second-order valence-electron chi connectivity index (χ2n) is 5.35. The smallest absolute Gasteiger partial charge is 0.0587 e. The summed E-state index contributed by atoms with van der Waals surface area (Å²) < 4.78 is 10.2. The predicted octanol–water partition coefficient (Wildman–Crippen LogP) is 3.55. The van der Waals surface area contributed by atoms with Crippen molar-refractivity contribution in [1.29, 1.82) is 0 Å². The molecule has 0 bridgehead atoms. The first-order valence-corrected chi connectivity index (χ1v) is 8.07. The van der Waals surface area contributed by atoms with E-state index in [2.05, 4.69) is 17.4 Å². The summed E-state index contributed by atoms with van der Waals surface area (Å²) in [4.78, 5) is 0. The lowest BCUT2D eigenvalue weighted by atomic mass is 9.94. The molecule has 0 aliphatic carbocycles. The lowest BCUT2D eigenvalue weighted by Gasteiger charge is -2.18. The average molecular weight is 314 g/mol. The van der Waals surface area contributed by atoms with E-state index in [-0.39, 0.29) is 0 Å². The van der Waals surface area contributed by atoms with Gasteiger partial charge in [-0.25, -0.2) is 0 Å². The zero-order chi connectivity index (χ0) is 15.3. The van der Waals surface area contributed by atoms with Gasteiger partial charge in [0, 0.05) is 32.4 Å². The number of rotatable bonds is 12. The minimum atomic E-state index is 0.596. The van der Waals surface area contributed by atoms with Crippen LogP contribution in [0.15, 0.2) is 24.3 Å². The Labute approximate surface area is 134 Å². The molecule has 1 aromatic rings. The Hall–Kier alpha value is -0.610. The normalized spacial score (nSPS) is 12.5. The molecule has 0 aromatic heterocycles. The third-order valence-corrected chi connectivity index (χ3v) is 3.96. The van der Waals surface area contributed by atoms with Gasteiger partial charge in [-0.2, -0.15) is 0 Å². The Morgan fingerprint density at radius 3 is 2.57 bits per heavy atom. The Morgan fingerprint density at radius 2 is 1.86 bits per heavy atom. The van der Waals surface area contributed by atoms with Crippen LogP contribution in [0.2, 0.25) is 5.02 Å². The second kappa shape index (κ2) is 12.0. The summed E-state index contributed by atoms with van der Waals surface area (Å²) in [5, 5.41) is 4.34. The largest absolute Gasteiger partial charge is 0.385 e. The molecule has 0 radical (unpaired) electrons. The number of unbranched alkanes of at least 4 members (excludes halogenated alkanes) is 1. The van der Waals surface area contributed by atoms with Crippen molar-refractivity contribution in [3.05, 3.63) is 34.9 Å².